The van der Waals surface area contributed by atoms with E-state index in [1.165, 1.54) is 0 Å². The highest BCUT2D eigenvalue weighted by molar-refractivity contribution is 9.10. The number of anilines is 1. The van der Waals surface area contributed by atoms with Crippen LogP contribution in [0, 0.1) is 13.8 Å². The van der Waals surface area contributed by atoms with E-state index >= 15 is 0 Å². The maximum Gasteiger partial charge on any atom is 0.255 e. The standard InChI is InChI=1S/C13H12BrN5/c1-7-5-8(2)19-12(17-18-13(19)16-7)9-3-4-11(15)10(14)6-9/h3-6H,15H2,1-2H3. The zero-order valence-corrected chi connectivity index (χ0v) is 12.1. The summed E-state index contributed by atoms with van der Waals surface area (Å²) in [5.74, 6) is 1.38. The van der Waals surface area contributed by atoms with Gasteiger partial charge in [-0.1, -0.05) is 0 Å². The van der Waals surface area contributed by atoms with Crippen LogP contribution in [0.15, 0.2) is 28.7 Å². The molecule has 0 aliphatic rings. The Balaban J connectivity index is 2.28. The minimum absolute atomic E-state index is 0.612. The van der Waals surface area contributed by atoms with Crippen molar-refractivity contribution < 1.29 is 0 Å². The number of rotatable bonds is 1. The number of aryl methyl sites for hydroxylation is 2. The number of hydrogen-bond acceptors (Lipinski definition) is 4. The molecule has 0 amide bonds. The molecule has 3 aromatic rings. The van der Waals surface area contributed by atoms with Gasteiger partial charge in [0.05, 0.1) is 0 Å². The van der Waals surface area contributed by atoms with Gasteiger partial charge in [-0.2, -0.15) is 0 Å². The van der Waals surface area contributed by atoms with Gasteiger partial charge >= 0.3 is 0 Å². The van der Waals surface area contributed by atoms with E-state index in [-0.39, 0.29) is 0 Å². The molecule has 3 rings (SSSR count). The van der Waals surface area contributed by atoms with Gasteiger partial charge in [0.2, 0.25) is 0 Å². The quantitative estimate of drug-likeness (QED) is 0.701. The molecule has 0 spiro atoms. The number of nitrogens with zero attached hydrogens (tertiary/aromatic N) is 4. The van der Waals surface area contributed by atoms with E-state index < -0.39 is 0 Å². The Bertz CT molecular complexity index is 778. The fourth-order valence-corrected chi connectivity index (χ4v) is 2.46. The summed E-state index contributed by atoms with van der Waals surface area (Å²) in [6.45, 7) is 3.96. The van der Waals surface area contributed by atoms with Crippen LogP contribution in [0.5, 0.6) is 0 Å². The van der Waals surface area contributed by atoms with Gasteiger partial charge in [0.15, 0.2) is 5.82 Å². The number of fused-ring (bicyclic) bond motifs is 1. The van der Waals surface area contributed by atoms with Crippen molar-refractivity contribution >= 4 is 27.4 Å². The van der Waals surface area contributed by atoms with Crippen molar-refractivity contribution in [2.45, 2.75) is 13.8 Å². The second-order valence-corrected chi connectivity index (χ2v) is 5.29. The average Bonchev–Trinajstić information content (AvgIpc) is 2.76. The van der Waals surface area contributed by atoms with Crippen LogP contribution in [0.3, 0.4) is 0 Å². The van der Waals surface area contributed by atoms with Crippen LogP contribution in [0.1, 0.15) is 11.4 Å². The molecule has 0 fully saturated rings. The normalized spacial score (nSPS) is 11.1. The highest BCUT2D eigenvalue weighted by Gasteiger charge is 2.12. The Labute approximate surface area is 118 Å². The fraction of sp³-hybridized carbons (Fsp3) is 0.154. The molecule has 0 saturated heterocycles. The largest absolute Gasteiger partial charge is 0.398 e. The van der Waals surface area contributed by atoms with Crippen LogP contribution in [0.4, 0.5) is 5.69 Å². The molecule has 0 bridgehead atoms. The van der Waals surface area contributed by atoms with Crippen molar-refractivity contribution in [1.29, 1.82) is 0 Å². The molecule has 0 unspecified atom stereocenters. The first-order valence-electron chi connectivity index (χ1n) is 5.81. The Morgan fingerprint density at radius 2 is 1.95 bits per heavy atom. The van der Waals surface area contributed by atoms with Gasteiger partial charge in [0, 0.05) is 27.1 Å². The van der Waals surface area contributed by atoms with Crippen LogP contribution in [0.2, 0.25) is 0 Å². The number of halogens is 1. The summed E-state index contributed by atoms with van der Waals surface area (Å²) < 4.78 is 2.78. The number of nitrogens with two attached hydrogens (primary N) is 1. The Morgan fingerprint density at radius 3 is 2.68 bits per heavy atom. The maximum absolute atomic E-state index is 5.80. The van der Waals surface area contributed by atoms with Gasteiger partial charge in [-0.3, -0.25) is 4.40 Å². The van der Waals surface area contributed by atoms with Gasteiger partial charge in [0.1, 0.15) is 0 Å². The monoisotopic (exact) mass is 317 g/mol. The third-order valence-electron chi connectivity index (χ3n) is 2.95. The molecular weight excluding hydrogens is 306 g/mol. The van der Waals surface area contributed by atoms with E-state index in [1.807, 2.05) is 42.5 Å². The van der Waals surface area contributed by atoms with E-state index in [0.717, 1.165) is 27.2 Å². The molecule has 1 aromatic carbocycles. The van der Waals surface area contributed by atoms with E-state index in [9.17, 15) is 0 Å². The van der Waals surface area contributed by atoms with E-state index in [2.05, 4.69) is 31.1 Å². The van der Waals surface area contributed by atoms with Crippen LogP contribution < -0.4 is 5.73 Å². The molecule has 2 N–H and O–H groups in total. The highest BCUT2D eigenvalue weighted by atomic mass is 79.9. The summed E-state index contributed by atoms with van der Waals surface area (Å²) in [6.07, 6.45) is 0. The van der Waals surface area contributed by atoms with Crippen LogP contribution in [-0.2, 0) is 0 Å². The lowest BCUT2D eigenvalue weighted by Gasteiger charge is -2.05. The molecule has 0 aliphatic heterocycles. The second-order valence-electron chi connectivity index (χ2n) is 4.43. The molecule has 0 radical (unpaired) electrons. The van der Waals surface area contributed by atoms with Crippen molar-refractivity contribution in [3.8, 4) is 11.4 Å². The molecular formula is C13H12BrN5. The average molecular weight is 318 g/mol. The molecule has 0 saturated carbocycles. The first-order chi connectivity index (χ1) is 9.06. The summed E-state index contributed by atoms with van der Waals surface area (Å²) >= 11 is 3.43. The summed E-state index contributed by atoms with van der Waals surface area (Å²) in [4.78, 5) is 4.38. The van der Waals surface area contributed by atoms with Gasteiger partial charge in [-0.15, -0.1) is 10.2 Å². The number of benzene rings is 1. The topological polar surface area (TPSA) is 69.1 Å². The predicted molar refractivity (Wildman–Crippen MR) is 77.8 cm³/mol. The number of aromatic nitrogens is 4. The maximum atomic E-state index is 5.80. The summed E-state index contributed by atoms with van der Waals surface area (Å²) in [5.41, 5.74) is 9.43. The zero-order chi connectivity index (χ0) is 13.6. The molecule has 19 heavy (non-hydrogen) atoms. The van der Waals surface area contributed by atoms with E-state index in [0.29, 0.717) is 11.5 Å². The third-order valence-corrected chi connectivity index (χ3v) is 3.64. The first-order valence-corrected chi connectivity index (χ1v) is 6.60. The van der Waals surface area contributed by atoms with Crippen LogP contribution in [0.25, 0.3) is 17.2 Å². The molecule has 5 nitrogen and oxygen atoms in total. The van der Waals surface area contributed by atoms with Crippen molar-refractivity contribution in [2.75, 3.05) is 5.73 Å². The second kappa shape index (κ2) is 4.31. The molecule has 0 atom stereocenters. The summed E-state index contributed by atoms with van der Waals surface area (Å²) in [7, 11) is 0. The van der Waals surface area contributed by atoms with Crippen molar-refractivity contribution in [3.63, 3.8) is 0 Å². The zero-order valence-electron chi connectivity index (χ0n) is 10.6. The summed E-state index contributed by atoms with van der Waals surface area (Å²) in [5, 5.41) is 8.35. The smallest absolute Gasteiger partial charge is 0.255 e. The first kappa shape index (κ1) is 12.1. The SMILES string of the molecule is Cc1cc(C)n2c(-c3ccc(N)c(Br)c3)nnc2n1. The van der Waals surface area contributed by atoms with Gasteiger partial charge in [-0.25, -0.2) is 4.98 Å². The van der Waals surface area contributed by atoms with Gasteiger partial charge in [0.25, 0.3) is 5.78 Å². The summed E-state index contributed by atoms with van der Waals surface area (Å²) in [6, 6.07) is 7.71. The molecule has 6 heteroatoms. The minimum Gasteiger partial charge on any atom is -0.398 e. The van der Waals surface area contributed by atoms with Crippen molar-refractivity contribution in [3.05, 3.63) is 40.1 Å². The third kappa shape index (κ3) is 1.98. The number of nitrogen functional groups attached to an aromatic ring is 1. The molecule has 0 aliphatic carbocycles. The van der Waals surface area contributed by atoms with Gasteiger partial charge in [-0.05, 0) is 54.0 Å². The Kier molecular flexibility index (Phi) is 2.74. The fourth-order valence-electron chi connectivity index (χ4n) is 2.08. The van der Waals surface area contributed by atoms with Crippen LogP contribution in [-0.4, -0.2) is 19.6 Å². The highest BCUT2D eigenvalue weighted by Crippen LogP contribution is 2.27. The van der Waals surface area contributed by atoms with Gasteiger partial charge < -0.3 is 5.73 Å². The lowest BCUT2D eigenvalue weighted by Crippen LogP contribution is -1.98. The Hall–Kier alpha value is -1.95. The van der Waals surface area contributed by atoms with Crippen LogP contribution >= 0.6 is 15.9 Å². The molecule has 2 aromatic heterocycles. The Morgan fingerprint density at radius 1 is 1.16 bits per heavy atom. The number of hydrogen-bond donors (Lipinski definition) is 1. The molecule has 2 heterocycles. The lowest BCUT2D eigenvalue weighted by molar-refractivity contribution is 1.02. The molecule has 96 valence electrons. The van der Waals surface area contributed by atoms with Crippen molar-refractivity contribution in [2.24, 2.45) is 0 Å². The lowest BCUT2D eigenvalue weighted by atomic mass is 10.2. The van der Waals surface area contributed by atoms with E-state index in [1.54, 1.807) is 0 Å². The minimum atomic E-state index is 0.612. The van der Waals surface area contributed by atoms with Crippen molar-refractivity contribution in [1.82, 2.24) is 19.6 Å². The predicted octanol–water partition coefficient (Wildman–Crippen LogP) is 2.75. The van der Waals surface area contributed by atoms with E-state index in [4.69, 9.17) is 5.73 Å².